The summed E-state index contributed by atoms with van der Waals surface area (Å²) in [7, 11) is -3.59. The van der Waals surface area contributed by atoms with Crippen LogP contribution in [0.25, 0.3) is 0 Å². The van der Waals surface area contributed by atoms with Crippen LogP contribution < -0.4 is 9.47 Å². The van der Waals surface area contributed by atoms with Gasteiger partial charge in [0, 0.05) is 18.2 Å². The van der Waals surface area contributed by atoms with Gasteiger partial charge in [0.1, 0.15) is 13.2 Å². The SMILES string of the molecule is O=S(=O)(c1ccc2c(c1)OCCO2)N1[C@@H]2CCC[C@H]1CC(O)C2. The van der Waals surface area contributed by atoms with Gasteiger partial charge in [-0.1, -0.05) is 6.42 Å². The molecule has 0 saturated carbocycles. The van der Waals surface area contributed by atoms with Crippen molar-refractivity contribution in [3.63, 3.8) is 0 Å². The number of piperidine rings is 2. The lowest BCUT2D eigenvalue weighted by atomic mass is 9.85. The van der Waals surface area contributed by atoms with Crippen molar-refractivity contribution in [1.29, 1.82) is 0 Å². The van der Waals surface area contributed by atoms with Crippen LogP contribution in [0.1, 0.15) is 32.1 Å². The van der Waals surface area contributed by atoms with Crippen LogP contribution in [-0.4, -0.2) is 49.2 Å². The second-order valence-corrected chi connectivity index (χ2v) is 8.35. The maximum absolute atomic E-state index is 13.1. The molecule has 2 saturated heterocycles. The maximum Gasteiger partial charge on any atom is 0.243 e. The molecule has 7 heteroatoms. The Labute approximate surface area is 136 Å². The molecule has 0 spiro atoms. The molecule has 2 bridgehead atoms. The molecule has 3 heterocycles. The molecule has 0 amide bonds. The van der Waals surface area contributed by atoms with E-state index < -0.39 is 16.1 Å². The fourth-order valence-electron chi connectivity index (χ4n) is 4.01. The van der Waals surface area contributed by atoms with Crippen LogP contribution in [0, 0.1) is 0 Å². The molecule has 3 aliphatic heterocycles. The molecular formula is C16H21NO5S. The minimum atomic E-state index is -3.59. The number of ether oxygens (including phenoxy) is 2. The Morgan fingerprint density at radius 3 is 2.39 bits per heavy atom. The molecule has 0 aliphatic carbocycles. The second-order valence-electron chi connectivity index (χ2n) is 6.50. The summed E-state index contributed by atoms with van der Waals surface area (Å²) in [6, 6.07) is 4.61. The number of benzene rings is 1. The molecular weight excluding hydrogens is 318 g/mol. The van der Waals surface area contributed by atoms with E-state index in [1.54, 1.807) is 22.5 Å². The van der Waals surface area contributed by atoms with Crippen molar-refractivity contribution in [3.8, 4) is 11.5 Å². The second kappa shape index (κ2) is 5.65. The predicted molar refractivity (Wildman–Crippen MR) is 83.1 cm³/mol. The van der Waals surface area contributed by atoms with E-state index in [4.69, 9.17) is 9.47 Å². The molecule has 0 aromatic heterocycles. The first-order valence-corrected chi connectivity index (χ1v) is 9.61. The monoisotopic (exact) mass is 339 g/mol. The van der Waals surface area contributed by atoms with Crippen LogP contribution in [0.2, 0.25) is 0 Å². The van der Waals surface area contributed by atoms with Crippen LogP contribution in [0.4, 0.5) is 0 Å². The average Bonchev–Trinajstić information content (AvgIpc) is 2.53. The number of aliphatic hydroxyl groups excluding tert-OH is 1. The lowest BCUT2D eigenvalue weighted by molar-refractivity contribution is 0.0220. The molecule has 1 aromatic carbocycles. The van der Waals surface area contributed by atoms with E-state index >= 15 is 0 Å². The van der Waals surface area contributed by atoms with Crippen molar-refractivity contribution in [2.24, 2.45) is 0 Å². The smallest absolute Gasteiger partial charge is 0.243 e. The molecule has 3 aliphatic rings. The number of hydrogen-bond donors (Lipinski definition) is 1. The summed E-state index contributed by atoms with van der Waals surface area (Å²) in [5.74, 6) is 1.07. The van der Waals surface area contributed by atoms with Crippen LogP contribution >= 0.6 is 0 Å². The van der Waals surface area contributed by atoms with Crippen molar-refractivity contribution in [2.45, 2.75) is 55.2 Å². The van der Waals surface area contributed by atoms with Gasteiger partial charge in [0.2, 0.25) is 10.0 Å². The highest BCUT2D eigenvalue weighted by Crippen LogP contribution is 2.40. The molecule has 1 N–H and O–H groups in total. The van der Waals surface area contributed by atoms with Crippen LogP contribution in [0.3, 0.4) is 0 Å². The summed E-state index contributed by atoms with van der Waals surface area (Å²) in [6.45, 7) is 0.908. The van der Waals surface area contributed by atoms with Crippen molar-refractivity contribution < 1.29 is 23.0 Å². The number of fused-ring (bicyclic) bond motifs is 3. The van der Waals surface area contributed by atoms with Crippen LogP contribution in [-0.2, 0) is 10.0 Å². The highest BCUT2D eigenvalue weighted by atomic mass is 32.2. The first-order chi connectivity index (χ1) is 11.1. The molecule has 126 valence electrons. The Balaban J connectivity index is 1.70. The van der Waals surface area contributed by atoms with Crippen molar-refractivity contribution >= 4 is 10.0 Å². The Morgan fingerprint density at radius 2 is 1.70 bits per heavy atom. The minimum absolute atomic E-state index is 0.101. The van der Waals surface area contributed by atoms with Gasteiger partial charge >= 0.3 is 0 Å². The quantitative estimate of drug-likeness (QED) is 0.884. The zero-order valence-corrected chi connectivity index (χ0v) is 13.7. The Morgan fingerprint density at radius 1 is 1.04 bits per heavy atom. The number of rotatable bonds is 2. The molecule has 1 unspecified atom stereocenters. The molecule has 1 aromatic rings. The standard InChI is InChI=1S/C16H21NO5S/c18-13-8-11-2-1-3-12(9-13)17(11)23(19,20)14-4-5-15-16(10-14)22-7-6-21-15/h4-5,10-13,18H,1-3,6-9H2/t11-,12+,13?. The van der Waals surface area contributed by atoms with E-state index in [9.17, 15) is 13.5 Å². The summed E-state index contributed by atoms with van der Waals surface area (Å²) in [5.41, 5.74) is 0. The lowest BCUT2D eigenvalue weighted by Crippen LogP contribution is -2.55. The number of sulfonamides is 1. The predicted octanol–water partition coefficient (Wildman–Crippen LogP) is 1.52. The van der Waals surface area contributed by atoms with Crippen LogP contribution in [0.15, 0.2) is 23.1 Å². The number of aliphatic hydroxyl groups is 1. The topological polar surface area (TPSA) is 76.1 Å². The van der Waals surface area contributed by atoms with E-state index in [1.807, 2.05) is 0 Å². The molecule has 3 atom stereocenters. The van der Waals surface area contributed by atoms with E-state index in [1.165, 1.54) is 0 Å². The number of hydrogen-bond acceptors (Lipinski definition) is 5. The number of nitrogens with zero attached hydrogens (tertiary/aromatic N) is 1. The fraction of sp³-hybridized carbons (Fsp3) is 0.625. The van der Waals surface area contributed by atoms with Crippen molar-refractivity contribution in [3.05, 3.63) is 18.2 Å². The van der Waals surface area contributed by atoms with Gasteiger partial charge in [-0.05, 0) is 37.8 Å². The minimum Gasteiger partial charge on any atom is -0.486 e. The van der Waals surface area contributed by atoms with E-state index in [0.717, 1.165) is 19.3 Å². The molecule has 6 nitrogen and oxygen atoms in total. The lowest BCUT2D eigenvalue weighted by Gasteiger charge is -2.46. The van der Waals surface area contributed by atoms with Gasteiger partial charge in [0.15, 0.2) is 11.5 Å². The maximum atomic E-state index is 13.1. The highest BCUT2D eigenvalue weighted by Gasteiger charge is 2.44. The Hall–Kier alpha value is -1.31. The Bertz CT molecular complexity index is 690. The molecule has 0 radical (unpaired) electrons. The van der Waals surface area contributed by atoms with E-state index in [0.29, 0.717) is 37.6 Å². The first-order valence-electron chi connectivity index (χ1n) is 8.17. The first kappa shape index (κ1) is 15.2. The van der Waals surface area contributed by atoms with Crippen LogP contribution in [0.5, 0.6) is 11.5 Å². The van der Waals surface area contributed by atoms with Gasteiger partial charge in [-0.2, -0.15) is 4.31 Å². The third kappa shape index (κ3) is 2.60. The van der Waals surface area contributed by atoms with E-state index in [2.05, 4.69) is 0 Å². The summed E-state index contributed by atoms with van der Waals surface area (Å²) in [5, 5.41) is 9.97. The molecule has 2 fully saturated rings. The van der Waals surface area contributed by atoms with Gasteiger partial charge in [0.25, 0.3) is 0 Å². The molecule has 4 rings (SSSR count). The third-order valence-electron chi connectivity index (χ3n) is 4.97. The van der Waals surface area contributed by atoms with Gasteiger partial charge in [-0.25, -0.2) is 8.42 Å². The van der Waals surface area contributed by atoms with Gasteiger partial charge in [-0.15, -0.1) is 0 Å². The summed E-state index contributed by atoms with van der Waals surface area (Å²) >= 11 is 0. The van der Waals surface area contributed by atoms with Gasteiger partial charge < -0.3 is 14.6 Å². The largest absolute Gasteiger partial charge is 0.486 e. The average molecular weight is 339 g/mol. The van der Waals surface area contributed by atoms with Gasteiger partial charge in [0.05, 0.1) is 11.0 Å². The van der Waals surface area contributed by atoms with Crippen molar-refractivity contribution in [2.75, 3.05) is 13.2 Å². The third-order valence-corrected chi connectivity index (χ3v) is 6.97. The zero-order chi connectivity index (χ0) is 16.0. The van der Waals surface area contributed by atoms with E-state index in [-0.39, 0.29) is 17.0 Å². The normalized spacial score (nSPS) is 30.9. The summed E-state index contributed by atoms with van der Waals surface area (Å²) in [4.78, 5) is 0.245. The zero-order valence-electron chi connectivity index (χ0n) is 12.8. The van der Waals surface area contributed by atoms with Crippen molar-refractivity contribution in [1.82, 2.24) is 4.31 Å². The van der Waals surface area contributed by atoms with Gasteiger partial charge in [-0.3, -0.25) is 0 Å². The molecule has 23 heavy (non-hydrogen) atoms. The fourth-order valence-corrected chi connectivity index (χ4v) is 5.92. The Kier molecular flexibility index (Phi) is 3.74. The summed E-state index contributed by atoms with van der Waals surface area (Å²) in [6.07, 6.45) is 3.32. The highest BCUT2D eigenvalue weighted by molar-refractivity contribution is 7.89. The summed E-state index contributed by atoms with van der Waals surface area (Å²) < 4.78 is 38.9.